The predicted octanol–water partition coefficient (Wildman–Crippen LogP) is 2.99. The van der Waals surface area contributed by atoms with Crippen molar-refractivity contribution in [1.29, 1.82) is 0 Å². The molecule has 1 aliphatic heterocycles. The average Bonchev–Trinajstić information content (AvgIpc) is 3.51. The van der Waals surface area contributed by atoms with Crippen molar-refractivity contribution in [2.24, 2.45) is 7.05 Å². The Hall–Kier alpha value is -3.59. The van der Waals surface area contributed by atoms with E-state index in [1.807, 2.05) is 54.2 Å². The molecule has 0 radical (unpaired) electrons. The highest BCUT2D eigenvalue weighted by atomic mass is 32.2. The van der Waals surface area contributed by atoms with Crippen LogP contribution >= 0.6 is 11.8 Å². The van der Waals surface area contributed by atoms with Crippen LogP contribution in [-0.2, 0) is 16.6 Å². The summed E-state index contributed by atoms with van der Waals surface area (Å²) in [6, 6.07) is 14.0. The highest BCUT2D eigenvalue weighted by Gasteiger charge is 2.47. The van der Waals surface area contributed by atoms with Gasteiger partial charge in [0.25, 0.3) is 5.91 Å². The van der Waals surface area contributed by atoms with Gasteiger partial charge in [0.05, 0.1) is 6.54 Å². The summed E-state index contributed by atoms with van der Waals surface area (Å²) in [5.74, 6) is -0.776. The van der Waals surface area contributed by atoms with Crippen molar-refractivity contribution < 1.29 is 14.4 Å². The maximum absolute atomic E-state index is 13.0. The Kier molecular flexibility index (Phi) is 5.63. The summed E-state index contributed by atoms with van der Waals surface area (Å²) in [6.45, 7) is -0.173. The van der Waals surface area contributed by atoms with Gasteiger partial charge in [-0.1, -0.05) is 30.0 Å². The van der Waals surface area contributed by atoms with E-state index in [1.54, 1.807) is 23.2 Å². The quantitative estimate of drug-likeness (QED) is 0.564. The molecule has 1 atom stereocenters. The Morgan fingerprint density at radius 2 is 1.88 bits per heavy atom. The number of nitrogens with zero attached hydrogens (tertiary/aromatic N) is 3. The predicted molar refractivity (Wildman–Crippen MR) is 124 cm³/mol. The third kappa shape index (κ3) is 4.36. The van der Waals surface area contributed by atoms with Gasteiger partial charge in [-0.25, -0.2) is 4.98 Å². The zero-order chi connectivity index (χ0) is 22.9. The molecule has 2 heterocycles. The van der Waals surface area contributed by atoms with E-state index in [1.165, 1.54) is 11.8 Å². The van der Waals surface area contributed by atoms with E-state index in [0.29, 0.717) is 16.8 Å². The first-order valence-electron chi connectivity index (χ1n) is 10.8. The van der Waals surface area contributed by atoms with E-state index in [0.717, 1.165) is 22.9 Å². The molecule has 8 nitrogen and oxygen atoms in total. The third-order valence-electron chi connectivity index (χ3n) is 5.73. The lowest BCUT2D eigenvalue weighted by Crippen LogP contribution is -2.42. The number of anilines is 1. The van der Waals surface area contributed by atoms with Gasteiger partial charge in [-0.3, -0.25) is 14.4 Å². The topological polar surface area (TPSA) is 96.3 Å². The molecule has 1 aliphatic carbocycles. The van der Waals surface area contributed by atoms with Crippen LogP contribution in [-0.4, -0.2) is 44.8 Å². The number of benzene rings is 2. The Balaban J connectivity index is 1.18. The molecule has 5 rings (SSSR count). The second kappa shape index (κ2) is 8.74. The van der Waals surface area contributed by atoms with Crippen LogP contribution in [0, 0.1) is 0 Å². The molecule has 0 bridgehead atoms. The summed E-state index contributed by atoms with van der Waals surface area (Å²) in [5.41, 5.74) is 1.91. The first-order valence-corrected chi connectivity index (χ1v) is 11.6. The van der Waals surface area contributed by atoms with Gasteiger partial charge in [0.1, 0.15) is 6.04 Å². The fourth-order valence-corrected chi connectivity index (χ4v) is 4.77. The van der Waals surface area contributed by atoms with Gasteiger partial charge in [0, 0.05) is 41.6 Å². The fraction of sp³-hybridized carbons (Fsp3) is 0.250. The van der Waals surface area contributed by atoms with Crippen LogP contribution in [0.1, 0.15) is 34.8 Å². The van der Waals surface area contributed by atoms with Gasteiger partial charge < -0.3 is 20.1 Å². The number of imidazole rings is 1. The minimum atomic E-state index is -0.684. The monoisotopic (exact) mass is 461 g/mol. The highest BCUT2D eigenvalue weighted by molar-refractivity contribution is 7.99. The number of aromatic nitrogens is 2. The number of hydrogen-bond acceptors (Lipinski definition) is 5. The average molecular weight is 462 g/mol. The normalized spacial score (nSPS) is 17.1. The van der Waals surface area contributed by atoms with Gasteiger partial charge in [-0.15, -0.1) is 0 Å². The molecule has 3 aromatic rings. The first kappa shape index (κ1) is 21.3. The molecule has 2 N–H and O–H groups in total. The molecule has 3 amide bonds. The number of nitrogens with one attached hydrogen (secondary N) is 2. The van der Waals surface area contributed by atoms with Crippen LogP contribution in [0.5, 0.6) is 0 Å². The standard InChI is InChI=1S/C24H23N5O3S/c1-28-13-12-25-24(28)33-17-10-6-15(7-11-17)27-20(30)14-26-22(31)21-18-4-2-3-5-19(18)23(32)29(21)16-8-9-16/h2-7,10-13,16,21H,8-9,14H2,1H3,(H,26,31)(H,27,30). The Labute approximate surface area is 195 Å². The molecule has 2 aromatic carbocycles. The van der Waals surface area contributed by atoms with Crippen molar-refractivity contribution in [2.45, 2.75) is 35.0 Å². The Morgan fingerprint density at radius 3 is 2.58 bits per heavy atom. The van der Waals surface area contributed by atoms with Gasteiger partial charge in [0.2, 0.25) is 11.8 Å². The lowest BCUT2D eigenvalue weighted by Gasteiger charge is -2.24. The fourth-order valence-electron chi connectivity index (χ4n) is 3.96. The van der Waals surface area contributed by atoms with Crippen LogP contribution in [0.15, 0.2) is 71.0 Å². The minimum Gasteiger partial charge on any atom is -0.345 e. The summed E-state index contributed by atoms with van der Waals surface area (Å²) in [6.07, 6.45) is 5.43. The third-order valence-corrected chi connectivity index (χ3v) is 6.82. The van der Waals surface area contributed by atoms with E-state index >= 15 is 0 Å². The summed E-state index contributed by atoms with van der Waals surface area (Å²) >= 11 is 1.53. The Morgan fingerprint density at radius 1 is 1.12 bits per heavy atom. The molecule has 1 saturated carbocycles. The largest absolute Gasteiger partial charge is 0.345 e. The number of carbonyl (C=O) groups excluding carboxylic acids is 3. The van der Waals surface area contributed by atoms with Crippen LogP contribution in [0.25, 0.3) is 0 Å². The SMILES string of the molecule is Cn1ccnc1Sc1ccc(NC(=O)CNC(=O)C2c3ccccc3C(=O)N2C2CC2)cc1. The lowest BCUT2D eigenvalue weighted by molar-refractivity contribution is -0.127. The molecule has 1 unspecified atom stereocenters. The van der Waals surface area contributed by atoms with Gasteiger partial charge >= 0.3 is 0 Å². The van der Waals surface area contributed by atoms with Crippen LogP contribution < -0.4 is 10.6 Å². The van der Waals surface area contributed by atoms with E-state index in [-0.39, 0.29) is 30.3 Å². The summed E-state index contributed by atoms with van der Waals surface area (Å²) in [4.78, 5) is 45.1. The van der Waals surface area contributed by atoms with Crippen molar-refractivity contribution in [3.8, 4) is 0 Å². The molecule has 9 heteroatoms. The van der Waals surface area contributed by atoms with E-state index in [4.69, 9.17) is 0 Å². The van der Waals surface area contributed by atoms with Crippen LogP contribution in [0.2, 0.25) is 0 Å². The van der Waals surface area contributed by atoms with E-state index in [9.17, 15) is 14.4 Å². The summed E-state index contributed by atoms with van der Waals surface area (Å²) in [7, 11) is 1.93. The molecule has 168 valence electrons. The van der Waals surface area contributed by atoms with Gasteiger partial charge in [0.15, 0.2) is 5.16 Å². The molecular weight excluding hydrogens is 438 g/mol. The van der Waals surface area contributed by atoms with Crippen molar-refractivity contribution >= 4 is 35.2 Å². The summed E-state index contributed by atoms with van der Waals surface area (Å²) < 4.78 is 1.93. The number of carbonyl (C=O) groups is 3. The first-order chi connectivity index (χ1) is 16.0. The molecule has 2 aliphatic rings. The zero-order valence-corrected chi connectivity index (χ0v) is 18.8. The number of hydrogen-bond donors (Lipinski definition) is 2. The Bertz CT molecular complexity index is 1220. The molecule has 33 heavy (non-hydrogen) atoms. The number of rotatable bonds is 7. The van der Waals surface area contributed by atoms with E-state index in [2.05, 4.69) is 15.6 Å². The molecule has 1 fully saturated rings. The van der Waals surface area contributed by atoms with Gasteiger partial charge in [-0.2, -0.15) is 0 Å². The van der Waals surface area contributed by atoms with E-state index < -0.39 is 6.04 Å². The highest BCUT2D eigenvalue weighted by Crippen LogP contribution is 2.41. The van der Waals surface area contributed by atoms with Crippen LogP contribution in [0.4, 0.5) is 5.69 Å². The van der Waals surface area contributed by atoms with Crippen molar-refractivity contribution in [2.75, 3.05) is 11.9 Å². The lowest BCUT2D eigenvalue weighted by atomic mass is 10.0. The van der Waals surface area contributed by atoms with Crippen molar-refractivity contribution in [3.05, 3.63) is 72.1 Å². The second-order valence-corrected chi connectivity index (χ2v) is 9.19. The summed E-state index contributed by atoms with van der Waals surface area (Å²) in [5, 5.41) is 6.38. The second-order valence-electron chi connectivity index (χ2n) is 8.15. The number of amides is 3. The minimum absolute atomic E-state index is 0.0941. The van der Waals surface area contributed by atoms with Gasteiger partial charge in [-0.05, 0) is 48.7 Å². The molecule has 0 spiro atoms. The molecule has 0 saturated heterocycles. The van der Waals surface area contributed by atoms with Crippen LogP contribution in [0.3, 0.4) is 0 Å². The number of aryl methyl sites for hydroxylation is 1. The molecule has 1 aromatic heterocycles. The zero-order valence-electron chi connectivity index (χ0n) is 18.0. The maximum atomic E-state index is 13.0. The van der Waals surface area contributed by atoms with Crippen molar-refractivity contribution in [1.82, 2.24) is 19.8 Å². The number of fused-ring (bicyclic) bond motifs is 1. The molecular formula is C24H23N5O3S. The van der Waals surface area contributed by atoms with Crippen molar-refractivity contribution in [3.63, 3.8) is 0 Å². The smallest absolute Gasteiger partial charge is 0.255 e. The maximum Gasteiger partial charge on any atom is 0.255 e.